The van der Waals surface area contributed by atoms with E-state index < -0.39 is 5.97 Å². The molecule has 0 aromatic carbocycles. The van der Waals surface area contributed by atoms with Crippen LogP contribution in [0.1, 0.15) is 42.2 Å². The molecule has 1 aliphatic rings. The highest BCUT2D eigenvalue weighted by Gasteiger charge is 2.31. The molecule has 0 atom stereocenters. The van der Waals surface area contributed by atoms with Crippen LogP contribution in [0, 0.1) is 0 Å². The van der Waals surface area contributed by atoms with E-state index in [1.807, 2.05) is 0 Å². The lowest BCUT2D eigenvalue weighted by Crippen LogP contribution is -2.47. The number of carboxylic acids is 1. The van der Waals surface area contributed by atoms with E-state index in [4.69, 9.17) is 5.11 Å². The van der Waals surface area contributed by atoms with Crippen LogP contribution < -0.4 is 5.32 Å². The van der Waals surface area contributed by atoms with E-state index in [2.05, 4.69) is 22.2 Å². The average Bonchev–Trinajstić information content (AvgIpc) is 2.24. The first-order chi connectivity index (χ1) is 7.61. The number of carboxylic acid groups (broad SMARTS) is 1. The van der Waals surface area contributed by atoms with Gasteiger partial charge in [0, 0.05) is 18.3 Å². The van der Waals surface area contributed by atoms with E-state index in [0.29, 0.717) is 12.2 Å². The van der Waals surface area contributed by atoms with E-state index in [9.17, 15) is 4.79 Å². The van der Waals surface area contributed by atoms with E-state index in [1.54, 1.807) is 0 Å². The predicted molar refractivity (Wildman–Crippen MR) is 58.1 cm³/mol. The van der Waals surface area contributed by atoms with Crippen LogP contribution in [-0.2, 0) is 6.54 Å². The number of aromatic nitrogens is 2. The van der Waals surface area contributed by atoms with Crippen molar-refractivity contribution in [2.24, 2.45) is 0 Å². The zero-order valence-electron chi connectivity index (χ0n) is 9.23. The van der Waals surface area contributed by atoms with Gasteiger partial charge in [-0.3, -0.25) is 0 Å². The minimum Gasteiger partial charge on any atom is -0.478 e. The number of rotatable bonds is 4. The largest absolute Gasteiger partial charge is 0.478 e. The van der Waals surface area contributed by atoms with Crippen molar-refractivity contribution in [2.75, 3.05) is 0 Å². The molecule has 0 saturated heterocycles. The molecular formula is C11H15N3O2. The SMILES string of the molecule is CC1(NCc2ncncc2C(=O)O)CCC1. The maximum absolute atomic E-state index is 10.9. The number of carbonyl (C=O) groups is 1. The van der Waals surface area contributed by atoms with Gasteiger partial charge in [-0.2, -0.15) is 0 Å². The maximum atomic E-state index is 10.9. The molecule has 2 N–H and O–H groups in total. The highest BCUT2D eigenvalue weighted by atomic mass is 16.4. The van der Waals surface area contributed by atoms with Crippen LogP contribution in [-0.4, -0.2) is 26.6 Å². The van der Waals surface area contributed by atoms with Crippen molar-refractivity contribution < 1.29 is 9.90 Å². The third-order valence-corrected chi connectivity index (χ3v) is 3.16. The number of hydrogen-bond acceptors (Lipinski definition) is 4. The first kappa shape index (κ1) is 11.0. The Labute approximate surface area is 93.9 Å². The molecule has 0 radical (unpaired) electrons. The summed E-state index contributed by atoms with van der Waals surface area (Å²) in [6.45, 7) is 2.64. The Hall–Kier alpha value is -1.49. The molecule has 0 unspecified atom stereocenters. The second-order valence-corrected chi connectivity index (χ2v) is 4.46. The van der Waals surface area contributed by atoms with Crippen LogP contribution in [0.2, 0.25) is 0 Å². The van der Waals surface area contributed by atoms with Gasteiger partial charge >= 0.3 is 5.97 Å². The molecule has 1 fully saturated rings. The van der Waals surface area contributed by atoms with Gasteiger partial charge in [-0.1, -0.05) is 0 Å². The molecule has 0 bridgehead atoms. The Morgan fingerprint density at radius 1 is 1.62 bits per heavy atom. The molecule has 1 aliphatic carbocycles. The summed E-state index contributed by atoms with van der Waals surface area (Å²) in [5.41, 5.74) is 0.884. The molecule has 1 aromatic heterocycles. The van der Waals surface area contributed by atoms with Crippen LogP contribution in [0.5, 0.6) is 0 Å². The number of aromatic carboxylic acids is 1. The summed E-state index contributed by atoms with van der Waals surface area (Å²) < 4.78 is 0. The fourth-order valence-electron chi connectivity index (χ4n) is 1.86. The normalized spacial score (nSPS) is 17.8. The Bertz CT molecular complexity index is 402. The third kappa shape index (κ3) is 2.19. The summed E-state index contributed by atoms with van der Waals surface area (Å²) in [5.74, 6) is -0.976. The lowest BCUT2D eigenvalue weighted by molar-refractivity contribution is 0.0693. The van der Waals surface area contributed by atoms with Crippen LogP contribution in [0.15, 0.2) is 12.5 Å². The van der Waals surface area contributed by atoms with Crippen LogP contribution in [0.3, 0.4) is 0 Å². The highest BCUT2D eigenvalue weighted by Crippen LogP contribution is 2.31. The highest BCUT2D eigenvalue weighted by molar-refractivity contribution is 5.88. The number of hydrogen-bond donors (Lipinski definition) is 2. The summed E-state index contributed by atoms with van der Waals surface area (Å²) in [6, 6.07) is 0. The quantitative estimate of drug-likeness (QED) is 0.799. The van der Waals surface area contributed by atoms with Crippen molar-refractivity contribution >= 4 is 5.97 Å². The molecule has 0 amide bonds. The van der Waals surface area contributed by atoms with Crippen molar-refractivity contribution in [1.29, 1.82) is 0 Å². The molecule has 5 nitrogen and oxygen atoms in total. The minimum atomic E-state index is -0.976. The maximum Gasteiger partial charge on any atom is 0.339 e. The zero-order valence-corrected chi connectivity index (χ0v) is 9.23. The van der Waals surface area contributed by atoms with Crippen LogP contribution in [0.4, 0.5) is 0 Å². The molecule has 0 aliphatic heterocycles. The third-order valence-electron chi connectivity index (χ3n) is 3.16. The van der Waals surface area contributed by atoms with Gasteiger partial charge in [0.25, 0.3) is 0 Å². The van der Waals surface area contributed by atoms with Crippen molar-refractivity contribution in [3.8, 4) is 0 Å². The van der Waals surface area contributed by atoms with Crippen molar-refractivity contribution in [1.82, 2.24) is 15.3 Å². The van der Waals surface area contributed by atoms with Gasteiger partial charge in [0.15, 0.2) is 0 Å². The number of nitrogens with one attached hydrogen (secondary N) is 1. The van der Waals surface area contributed by atoms with Crippen molar-refractivity contribution in [3.63, 3.8) is 0 Å². The fraction of sp³-hybridized carbons (Fsp3) is 0.545. The summed E-state index contributed by atoms with van der Waals surface area (Å²) in [4.78, 5) is 18.7. The molecule has 5 heteroatoms. The standard InChI is InChI=1S/C11H15N3O2/c1-11(3-2-4-11)14-6-9-8(10(15)16)5-12-7-13-9/h5,7,14H,2-4,6H2,1H3,(H,15,16). The van der Waals surface area contributed by atoms with Gasteiger partial charge in [-0.25, -0.2) is 14.8 Å². The molecular weight excluding hydrogens is 206 g/mol. The average molecular weight is 221 g/mol. The first-order valence-electron chi connectivity index (χ1n) is 5.38. The summed E-state index contributed by atoms with van der Waals surface area (Å²) >= 11 is 0. The Morgan fingerprint density at radius 3 is 2.94 bits per heavy atom. The summed E-state index contributed by atoms with van der Waals surface area (Å²) in [7, 11) is 0. The zero-order chi connectivity index (χ0) is 11.6. The van der Waals surface area contributed by atoms with Crippen molar-refractivity contribution in [3.05, 3.63) is 23.8 Å². The molecule has 1 saturated carbocycles. The lowest BCUT2D eigenvalue weighted by atomic mass is 9.78. The molecule has 16 heavy (non-hydrogen) atoms. The van der Waals surface area contributed by atoms with Crippen molar-refractivity contribution in [2.45, 2.75) is 38.3 Å². The lowest BCUT2D eigenvalue weighted by Gasteiger charge is -2.39. The molecule has 1 aromatic rings. The molecule has 1 heterocycles. The smallest absolute Gasteiger partial charge is 0.339 e. The van der Waals surface area contributed by atoms with Gasteiger partial charge in [0.05, 0.1) is 5.69 Å². The molecule has 2 rings (SSSR count). The van der Waals surface area contributed by atoms with E-state index in [0.717, 1.165) is 12.8 Å². The molecule has 86 valence electrons. The topological polar surface area (TPSA) is 75.1 Å². The van der Waals surface area contributed by atoms with Crippen LogP contribution in [0.25, 0.3) is 0 Å². The van der Waals surface area contributed by atoms with E-state index in [1.165, 1.54) is 18.9 Å². The van der Waals surface area contributed by atoms with Gasteiger partial charge in [0.1, 0.15) is 11.9 Å². The van der Waals surface area contributed by atoms with E-state index in [-0.39, 0.29) is 11.1 Å². The second kappa shape index (κ2) is 4.17. The van der Waals surface area contributed by atoms with E-state index >= 15 is 0 Å². The monoisotopic (exact) mass is 221 g/mol. The summed E-state index contributed by atoms with van der Waals surface area (Å²) in [5, 5.41) is 12.3. The minimum absolute atomic E-state index is 0.153. The van der Waals surface area contributed by atoms with Crippen LogP contribution >= 0.6 is 0 Å². The summed E-state index contributed by atoms with van der Waals surface area (Å²) in [6.07, 6.45) is 6.24. The fourth-order valence-corrected chi connectivity index (χ4v) is 1.86. The second-order valence-electron chi connectivity index (χ2n) is 4.46. The molecule has 0 spiro atoms. The van der Waals surface area contributed by atoms with Gasteiger partial charge in [0.2, 0.25) is 0 Å². The van der Waals surface area contributed by atoms with Gasteiger partial charge in [-0.05, 0) is 26.2 Å². The number of nitrogens with zero attached hydrogens (tertiary/aromatic N) is 2. The van der Waals surface area contributed by atoms with Gasteiger partial charge < -0.3 is 10.4 Å². The Balaban J connectivity index is 2.06. The Morgan fingerprint density at radius 2 is 2.38 bits per heavy atom. The first-order valence-corrected chi connectivity index (χ1v) is 5.38. The predicted octanol–water partition coefficient (Wildman–Crippen LogP) is 1.21. The van der Waals surface area contributed by atoms with Gasteiger partial charge in [-0.15, -0.1) is 0 Å². The Kier molecular flexibility index (Phi) is 2.87.